The molecule has 3 N–H and O–H groups in total. The number of anilines is 1. The van der Waals surface area contributed by atoms with E-state index in [2.05, 4.69) is 4.84 Å². The Morgan fingerprint density at radius 3 is 2.50 bits per heavy atom. The van der Waals surface area contributed by atoms with Crippen LogP contribution in [0, 0.1) is 0 Å². The maximum atomic E-state index is 11.7. The van der Waals surface area contributed by atoms with Gasteiger partial charge in [0.2, 0.25) is 0 Å². The molecular weight excluding hydrogens is 240 g/mol. The van der Waals surface area contributed by atoms with Crippen LogP contribution in [-0.4, -0.2) is 28.0 Å². The number of hydroxylamine groups is 2. The zero-order valence-corrected chi connectivity index (χ0v) is 9.25. The molecule has 1 saturated heterocycles. The lowest BCUT2D eigenvalue weighted by Gasteiger charge is -2.13. The van der Waals surface area contributed by atoms with Gasteiger partial charge in [0.05, 0.1) is 0 Å². The summed E-state index contributed by atoms with van der Waals surface area (Å²) in [6, 6.07) is 3.82. The molecule has 0 saturated carbocycles. The largest absolute Gasteiger partial charge is 0.507 e. The van der Waals surface area contributed by atoms with Crippen LogP contribution in [0.4, 0.5) is 5.69 Å². The number of hydrogen-bond acceptors (Lipinski definition) is 6. The van der Waals surface area contributed by atoms with Crippen LogP contribution in [0.1, 0.15) is 23.2 Å². The van der Waals surface area contributed by atoms with E-state index in [0.29, 0.717) is 5.06 Å². The molecule has 1 aromatic carbocycles. The number of phenolic OH excluding ortho intramolecular Hbond substituents is 1. The molecule has 0 bridgehead atoms. The number of carbonyl (C=O) groups is 3. The van der Waals surface area contributed by atoms with Crippen LogP contribution in [0.3, 0.4) is 0 Å². The van der Waals surface area contributed by atoms with E-state index < -0.39 is 17.8 Å². The highest BCUT2D eigenvalue weighted by Gasteiger charge is 2.33. The number of hydrogen-bond donors (Lipinski definition) is 2. The Hall–Kier alpha value is -2.57. The van der Waals surface area contributed by atoms with Crippen molar-refractivity contribution in [2.45, 2.75) is 12.8 Å². The fourth-order valence-corrected chi connectivity index (χ4v) is 1.51. The van der Waals surface area contributed by atoms with Gasteiger partial charge in [0, 0.05) is 18.5 Å². The molecule has 0 atom stereocenters. The van der Waals surface area contributed by atoms with Crippen molar-refractivity contribution in [3.05, 3.63) is 23.8 Å². The van der Waals surface area contributed by atoms with Crippen LogP contribution in [0.25, 0.3) is 0 Å². The molecule has 0 unspecified atom stereocenters. The minimum atomic E-state index is -1.01. The third kappa shape index (κ3) is 2.10. The van der Waals surface area contributed by atoms with Gasteiger partial charge in [-0.05, 0) is 18.2 Å². The number of phenols is 1. The number of nitrogens with two attached hydrogens (primary N) is 1. The number of aromatic hydroxyl groups is 1. The summed E-state index contributed by atoms with van der Waals surface area (Å²) < 4.78 is 0. The minimum absolute atomic E-state index is 0.00895. The molecule has 1 aliphatic heterocycles. The average molecular weight is 250 g/mol. The molecule has 2 amide bonds. The zero-order chi connectivity index (χ0) is 13.3. The second-order valence-electron chi connectivity index (χ2n) is 3.74. The van der Waals surface area contributed by atoms with Crippen molar-refractivity contribution in [2.24, 2.45) is 0 Å². The summed E-state index contributed by atoms with van der Waals surface area (Å²) in [4.78, 5) is 38.8. The first-order valence-corrected chi connectivity index (χ1v) is 5.15. The van der Waals surface area contributed by atoms with Gasteiger partial charge in [-0.1, -0.05) is 0 Å². The summed E-state index contributed by atoms with van der Waals surface area (Å²) in [5, 5.41) is 9.87. The van der Waals surface area contributed by atoms with Crippen LogP contribution in [0.2, 0.25) is 0 Å². The second-order valence-corrected chi connectivity index (χ2v) is 3.74. The smallest absolute Gasteiger partial charge is 0.367 e. The van der Waals surface area contributed by atoms with Gasteiger partial charge in [0.15, 0.2) is 0 Å². The van der Waals surface area contributed by atoms with Crippen molar-refractivity contribution < 1.29 is 24.3 Å². The highest BCUT2D eigenvalue weighted by molar-refractivity contribution is 6.03. The predicted molar refractivity (Wildman–Crippen MR) is 59.0 cm³/mol. The molecular formula is C11H10N2O5. The van der Waals surface area contributed by atoms with Crippen LogP contribution in [0.5, 0.6) is 5.75 Å². The van der Waals surface area contributed by atoms with E-state index in [4.69, 9.17) is 5.73 Å². The fraction of sp³-hybridized carbons (Fsp3) is 0.182. The lowest BCUT2D eigenvalue weighted by atomic mass is 10.2. The Morgan fingerprint density at radius 2 is 1.89 bits per heavy atom. The lowest BCUT2D eigenvalue weighted by molar-refractivity contribution is -0.172. The molecule has 7 nitrogen and oxygen atoms in total. The molecule has 2 rings (SSSR count). The van der Waals surface area contributed by atoms with Gasteiger partial charge in [0.1, 0.15) is 11.3 Å². The van der Waals surface area contributed by atoms with Crippen molar-refractivity contribution in [3.63, 3.8) is 0 Å². The van der Waals surface area contributed by atoms with E-state index >= 15 is 0 Å². The Balaban J connectivity index is 2.19. The van der Waals surface area contributed by atoms with Gasteiger partial charge in [0.25, 0.3) is 11.8 Å². The third-order valence-electron chi connectivity index (χ3n) is 2.42. The Bertz CT molecular complexity index is 524. The monoisotopic (exact) mass is 250 g/mol. The molecule has 1 aliphatic rings. The van der Waals surface area contributed by atoms with Crippen LogP contribution >= 0.6 is 0 Å². The van der Waals surface area contributed by atoms with Crippen molar-refractivity contribution in [3.8, 4) is 5.75 Å². The maximum absolute atomic E-state index is 11.7. The summed E-state index contributed by atoms with van der Waals surface area (Å²) in [7, 11) is 0. The molecule has 1 fully saturated rings. The average Bonchev–Trinajstić information content (AvgIpc) is 2.64. The summed E-state index contributed by atoms with van der Waals surface area (Å²) in [6.07, 6.45) is 0.0179. The van der Waals surface area contributed by atoms with Crippen molar-refractivity contribution in [1.82, 2.24) is 5.06 Å². The van der Waals surface area contributed by atoms with Crippen LogP contribution < -0.4 is 5.73 Å². The Labute approximate surface area is 102 Å². The summed E-state index contributed by atoms with van der Waals surface area (Å²) in [5.74, 6) is -2.52. The van der Waals surface area contributed by atoms with E-state index in [1.54, 1.807) is 0 Å². The highest BCUT2D eigenvalue weighted by Crippen LogP contribution is 2.22. The second kappa shape index (κ2) is 4.36. The normalized spacial score (nSPS) is 15.0. The number of rotatable bonds is 2. The highest BCUT2D eigenvalue weighted by atomic mass is 16.7. The number of nitrogen functional groups attached to an aromatic ring is 1. The van der Waals surface area contributed by atoms with Crippen molar-refractivity contribution >= 4 is 23.5 Å². The van der Waals surface area contributed by atoms with E-state index in [1.807, 2.05) is 0 Å². The Kier molecular flexibility index (Phi) is 2.88. The van der Waals surface area contributed by atoms with Crippen LogP contribution in [-0.2, 0) is 14.4 Å². The van der Waals surface area contributed by atoms with Crippen LogP contribution in [0.15, 0.2) is 18.2 Å². The number of carbonyl (C=O) groups excluding carboxylic acids is 3. The van der Waals surface area contributed by atoms with Gasteiger partial charge in [-0.2, -0.15) is 0 Å². The summed E-state index contributed by atoms with van der Waals surface area (Å²) in [6.45, 7) is 0. The number of nitrogens with zero attached hydrogens (tertiary/aromatic N) is 1. The third-order valence-corrected chi connectivity index (χ3v) is 2.42. The van der Waals surface area contributed by atoms with E-state index in [0.717, 1.165) is 0 Å². The topological polar surface area (TPSA) is 110 Å². The standard InChI is InChI=1S/C11H10N2O5/c12-6-1-2-8(14)7(5-6)11(17)18-13-9(15)3-4-10(13)16/h1-2,5,14H,3-4,12H2. The summed E-state index contributed by atoms with van der Waals surface area (Å²) >= 11 is 0. The van der Waals surface area contributed by atoms with E-state index in [1.165, 1.54) is 18.2 Å². The summed E-state index contributed by atoms with van der Waals surface area (Å²) in [5.41, 5.74) is 5.50. The predicted octanol–water partition coefficient (Wildman–Crippen LogP) is 0.195. The molecule has 0 radical (unpaired) electrons. The first-order chi connectivity index (χ1) is 8.49. The molecule has 0 spiro atoms. The van der Waals surface area contributed by atoms with Gasteiger partial charge >= 0.3 is 5.97 Å². The number of amides is 2. The molecule has 0 aliphatic carbocycles. The zero-order valence-electron chi connectivity index (χ0n) is 9.25. The SMILES string of the molecule is Nc1ccc(O)c(C(=O)ON2C(=O)CCC2=O)c1. The van der Waals surface area contributed by atoms with Crippen molar-refractivity contribution in [1.29, 1.82) is 0 Å². The van der Waals surface area contributed by atoms with Gasteiger partial charge in [-0.3, -0.25) is 9.59 Å². The van der Waals surface area contributed by atoms with Gasteiger partial charge in [-0.15, -0.1) is 5.06 Å². The molecule has 0 aromatic heterocycles. The van der Waals surface area contributed by atoms with Gasteiger partial charge < -0.3 is 15.7 Å². The maximum Gasteiger partial charge on any atom is 0.367 e. The first-order valence-electron chi connectivity index (χ1n) is 5.15. The Morgan fingerprint density at radius 1 is 1.28 bits per heavy atom. The van der Waals surface area contributed by atoms with Crippen molar-refractivity contribution in [2.75, 3.05) is 5.73 Å². The first kappa shape index (κ1) is 11.9. The molecule has 18 heavy (non-hydrogen) atoms. The van der Waals surface area contributed by atoms with E-state index in [-0.39, 0.29) is 29.8 Å². The molecule has 94 valence electrons. The fourth-order valence-electron chi connectivity index (χ4n) is 1.51. The lowest BCUT2D eigenvalue weighted by Crippen LogP contribution is -2.32. The van der Waals surface area contributed by atoms with E-state index in [9.17, 15) is 19.5 Å². The molecule has 7 heteroatoms. The quantitative estimate of drug-likeness (QED) is 0.440. The number of imide groups is 1. The number of benzene rings is 1. The van der Waals surface area contributed by atoms with Gasteiger partial charge in [-0.25, -0.2) is 4.79 Å². The minimum Gasteiger partial charge on any atom is -0.507 e. The molecule has 1 heterocycles. The molecule has 1 aromatic rings.